The predicted molar refractivity (Wildman–Crippen MR) is 85.6 cm³/mol. The third-order valence-corrected chi connectivity index (χ3v) is 5.44. The molecule has 0 bridgehead atoms. The summed E-state index contributed by atoms with van der Waals surface area (Å²) >= 11 is 0. The normalized spacial score (nSPS) is 19.5. The van der Waals surface area contributed by atoms with Crippen LogP contribution >= 0.6 is 0 Å². The summed E-state index contributed by atoms with van der Waals surface area (Å²) in [6.07, 6.45) is 3.30. The summed E-state index contributed by atoms with van der Waals surface area (Å²) in [5.74, 6) is 0. The Balaban J connectivity index is 1.85. The van der Waals surface area contributed by atoms with Gasteiger partial charge in [-0.3, -0.25) is 4.90 Å². The molecule has 1 unspecified atom stereocenters. The molecule has 6 heteroatoms. The first-order valence-corrected chi connectivity index (χ1v) is 9.28. The van der Waals surface area contributed by atoms with Gasteiger partial charge in [-0.15, -0.1) is 0 Å². The monoisotopic (exact) mass is 311 g/mol. The predicted octanol–water partition coefficient (Wildman–Crippen LogP) is 0.524. The van der Waals surface area contributed by atoms with Crippen molar-refractivity contribution in [1.29, 1.82) is 0 Å². The maximum absolute atomic E-state index is 11.5. The summed E-state index contributed by atoms with van der Waals surface area (Å²) in [6, 6.07) is 10.7. The van der Waals surface area contributed by atoms with Crippen LogP contribution in [0.1, 0.15) is 12.0 Å². The number of nitrogens with two attached hydrogens (primary N) is 1. The van der Waals surface area contributed by atoms with Crippen molar-refractivity contribution in [3.8, 4) is 0 Å². The van der Waals surface area contributed by atoms with Crippen LogP contribution in [0.2, 0.25) is 0 Å². The molecule has 5 nitrogen and oxygen atoms in total. The minimum atomic E-state index is -3.06. The van der Waals surface area contributed by atoms with Gasteiger partial charge in [0, 0.05) is 38.8 Å². The minimum Gasteiger partial charge on any atom is -0.329 e. The Labute approximate surface area is 127 Å². The molecule has 0 amide bonds. The van der Waals surface area contributed by atoms with E-state index in [1.54, 1.807) is 4.31 Å². The van der Waals surface area contributed by atoms with E-state index < -0.39 is 10.0 Å². The molecular formula is C15H25N3O2S. The van der Waals surface area contributed by atoms with E-state index >= 15 is 0 Å². The fourth-order valence-electron chi connectivity index (χ4n) is 2.83. The van der Waals surface area contributed by atoms with Crippen LogP contribution in [0.5, 0.6) is 0 Å². The van der Waals surface area contributed by atoms with Crippen molar-refractivity contribution < 1.29 is 8.42 Å². The molecule has 21 heavy (non-hydrogen) atoms. The second-order valence-electron chi connectivity index (χ2n) is 5.61. The average molecular weight is 311 g/mol. The number of rotatable bonds is 6. The van der Waals surface area contributed by atoms with Gasteiger partial charge in [-0.25, -0.2) is 8.42 Å². The van der Waals surface area contributed by atoms with Crippen molar-refractivity contribution in [3.63, 3.8) is 0 Å². The molecule has 118 valence electrons. The molecule has 1 aromatic rings. The molecule has 0 aromatic heterocycles. The lowest BCUT2D eigenvalue weighted by Crippen LogP contribution is -2.53. The van der Waals surface area contributed by atoms with Crippen LogP contribution in [0.15, 0.2) is 30.3 Å². The second-order valence-corrected chi connectivity index (χ2v) is 7.59. The highest BCUT2D eigenvalue weighted by Crippen LogP contribution is 2.13. The first-order valence-electron chi connectivity index (χ1n) is 7.44. The Morgan fingerprint density at radius 1 is 1.14 bits per heavy atom. The molecule has 1 fully saturated rings. The van der Waals surface area contributed by atoms with Gasteiger partial charge in [0.25, 0.3) is 0 Å². The lowest BCUT2D eigenvalue weighted by Gasteiger charge is -2.38. The molecule has 1 aliphatic rings. The third-order valence-electron chi connectivity index (χ3n) is 4.14. The van der Waals surface area contributed by atoms with Crippen LogP contribution in [0.25, 0.3) is 0 Å². The SMILES string of the molecule is CS(=O)(=O)N1CCN(C(CN)CCc2ccccc2)CC1. The van der Waals surface area contributed by atoms with Gasteiger partial charge in [0.05, 0.1) is 6.26 Å². The summed E-state index contributed by atoms with van der Waals surface area (Å²) in [5.41, 5.74) is 7.24. The molecule has 0 radical (unpaired) electrons. The van der Waals surface area contributed by atoms with Crippen molar-refractivity contribution in [2.24, 2.45) is 5.73 Å². The van der Waals surface area contributed by atoms with Crippen molar-refractivity contribution in [2.45, 2.75) is 18.9 Å². The van der Waals surface area contributed by atoms with Gasteiger partial charge in [0.15, 0.2) is 0 Å². The maximum Gasteiger partial charge on any atom is 0.211 e. The lowest BCUT2D eigenvalue weighted by molar-refractivity contribution is 0.134. The third kappa shape index (κ3) is 4.78. The summed E-state index contributed by atoms with van der Waals surface area (Å²) < 4.78 is 24.6. The lowest BCUT2D eigenvalue weighted by atomic mass is 10.0. The zero-order chi connectivity index (χ0) is 15.3. The topological polar surface area (TPSA) is 66.6 Å². The number of hydrogen-bond donors (Lipinski definition) is 1. The van der Waals surface area contributed by atoms with Crippen LogP contribution in [0.4, 0.5) is 0 Å². The Hall–Kier alpha value is -0.950. The van der Waals surface area contributed by atoms with Gasteiger partial charge in [0.2, 0.25) is 10.0 Å². The zero-order valence-corrected chi connectivity index (χ0v) is 13.4. The Kier molecular flexibility index (Phi) is 5.75. The molecule has 1 heterocycles. The maximum atomic E-state index is 11.5. The molecule has 2 N–H and O–H groups in total. The van der Waals surface area contributed by atoms with Crippen molar-refractivity contribution in [1.82, 2.24) is 9.21 Å². The van der Waals surface area contributed by atoms with Crippen LogP contribution in [0, 0.1) is 0 Å². The van der Waals surface area contributed by atoms with Gasteiger partial charge >= 0.3 is 0 Å². The van der Waals surface area contributed by atoms with Crippen LogP contribution < -0.4 is 5.73 Å². The van der Waals surface area contributed by atoms with Crippen molar-refractivity contribution in [2.75, 3.05) is 39.0 Å². The van der Waals surface area contributed by atoms with E-state index in [-0.39, 0.29) is 0 Å². The molecule has 1 aromatic carbocycles. The number of aryl methyl sites for hydroxylation is 1. The van der Waals surface area contributed by atoms with E-state index in [4.69, 9.17) is 5.73 Å². The average Bonchev–Trinajstić information content (AvgIpc) is 2.48. The molecule has 2 rings (SSSR count). The Morgan fingerprint density at radius 3 is 2.29 bits per heavy atom. The van der Waals surface area contributed by atoms with E-state index in [0.717, 1.165) is 25.9 Å². The minimum absolute atomic E-state index is 0.326. The Bertz CT molecular complexity index is 525. The summed E-state index contributed by atoms with van der Waals surface area (Å²) in [7, 11) is -3.06. The molecule has 0 aliphatic carbocycles. The van der Waals surface area contributed by atoms with Crippen molar-refractivity contribution >= 4 is 10.0 Å². The van der Waals surface area contributed by atoms with Gasteiger partial charge in [0.1, 0.15) is 0 Å². The fourth-order valence-corrected chi connectivity index (χ4v) is 3.65. The molecule has 1 saturated heterocycles. The van der Waals surface area contributed by atoms with E-state index in [1.165, 1.54) is 11.8 Å². The summed E-state index contributed by atoms with van der Waals surface area (Å²) in [5, 5.41) is 0. The summed E-state index contributed by atoms with van der Waals surface area (Å²) in [6.45, 7) is 3.29. The highest BCUT2D eigenvalue weighted by Gasteiger charge is 2.26. The van der Waals surface area contributed by atoms with Crippen molar-refractivity contribution in [3.05, 3.63) is 35.9 Å². The standard InChI is InChI=1S/C15H25N3O2S/c1-21(19,20)18-11-9-17(10-12-18)15(13-16)8-7-14-5-3-2-4-6-14/h2-6,15H,7-13,16H2,1H3. The van der Waals surface area contributed by atoms with Gasteiger partial charge < -0.3 is 5.73 Å². The first kappa shape index (κ1) is 16.4. The second kappa shape index (κ2) is 7.35. The number of piperazine rings is 1. The summed E-state index contributed by atoms with van der Waals surface area (Å²) in [4.78, 5) is 2.32. The van der Waals surface area contributed by atoms with E-state index in [2.05, 4.69) is 29.2 Å². The number of sulfonamides is 1. The largest absolute Gasteiger partial charge is 0.329 e. The molecule has 1 aliphatic heterocycles. The number of benzene rings is 1. The van der Waals surface area contributed by atoms with Crippen LogP contribution in [-0.2, 0) is 16.4 Å². The quantitative estimate of drug-likeness (QED) is 0.832. The molecular weight excluding hydrogens is 286 g/mol. The van der Waals surface area contributed by atoms with Crippen LogP contribution in [0.3, 0.4) is 0 Å². The van der Waals surface area contributed by atoms with E-state index in [0.29, 0.717) is 25.7 Å². The Morgan fingerprint density at radius 2 is 1.76 bits per heavy atom. The molecule has 1 atom stereocenters. The first-order chi connectivity index (χ1) is 10.0. The molecule has 0 saturated carbocycles. The zero-order valence-electron chi connectivity index (χ0n) is 12.6. The molecule has 0 spiro atoms. The highest BCUT2D eigenvalue weighted by atomic mass is 32.2. The number of nitrogens with zero attached hydrogens (tertiary/aromatic N) is 2. The van der Waals surface area contributed by atoms with E-state index in [9.17, 15) is 8.42 Å². The van der Waals surface area contributed by atoms with Gasteiger partial charge in [-0.1, -0.05) is 30.3 Å². The highest BCUT2D eigenvalue weighted by molar-refractivity contribution is 7.88. The fraction of sp³-hybridized carbons (Fsp3) is 0.600. The van der Waals surface area contributed by atoms with Crippen LogP contribution in [-0.4, -0.2) is 62.6 Å². The number of hydrogen-bond acceptors (Lipinski definition) is 4. The van der Waals surface area contributed by atoms with Gasteiger partial charge in [-0.2, -0.15) is 4.31 Å². The van der Waals surface area contributed by atoms with E-state index in [1.807, 2.05) is 6.07 Å². The van der Waals surface area contributed by atoms with Gasteiger partial charge in [-0.05, 0) is 18.4 Å². The smallest absolute Gasteiger partial charge is 0.211 e.